The quantitative estimate of drug-likeness (QED) is 0.435. The first-order chi connectivity index (χ1) is 16.5. The fourth-order valence-corrected chi connectivity index (χ4v) is 4.50. The highest BCUT2D eigenvalue weighted by atomic mass is 16.4. The van der Waals surface area contributed by atoms with Crippen molar-refractivity contribution in [1.29, 1.82) is 0 Å². The Bertz CT molecular complexity index is 1430. The van der Waals surface area contributed by atoms with E-state index in [0.717, 1.165) is 16.7 Å². The molecule has 1 aliphatic rings. The second-order valence-corrected chi connectivity index (χ2v) is 8.36. The van der Waals surface area contributed by atoms with Gasteiger partial charge in [0.1, 0.15) is 0 Å². The molecule has 34 heavy (non-hydrogen) atoms. The molecule has 2 N–H and O–H groups in total. The van der Waals surface area contributed by atoms with Crippen molar-refractivity contribution >= 4 is 34.5 Å². The highest BCUT2D eigenvalue weighted by Gasteiger charge is 2.28. The number of rotatable bonds is 5. The van der Waals surface area contributed by atoms with E-state index in [1.165, 1.54) is 0 Å². The van der Waals surface area contributed by atoms with Gasteiger partial charge >= 0.3 is 11.9 Å². The van der Waals surface area contributed by atoms with Crippen LogP contribution in [-0.4, -0.2) is 38.6 Å². The Kier molecular flexibility index (Phi) is 5.65. The smallest absolute Gasteiger partial charge is 0.336 e. The number of aromatic carboxylic acids is 2. The molecule has 0 spiro atoms. The van der Waals surface area contributed by atoms with Gasteiger partial charge in [0, 0.05) is 30.6 Å². The molecule has 1 aliphatic heterocycles. The minimum atomic E-state index is -0.976. The third kappa shape index (κ3) is 4.19. The Balaban J connectivity index is 1.66. The Morgan fingerprint density at radius 3 is 2.26 bits per heavy atom. The van der Waals surface area contributed by atoms with E-state index in [0.29, 0.717) is 41.8 Å². The van der Waals surface area contributed by atoms with Gasteiger partial charge in [-0.05, 0) is 41.0 Å². The van der Waals surface area contributed by atoms with E-state index in [4.69, 9.17) is 4.98 Å². The van der Waals surface area contributed by atoms with Crippen LogP contribution < -0.4 is 0 Å². The van der Waals surface area contributed by atoms with Crippen LogP contribution in [0.3, 0.4) is 0 Å². The number of para-hydroxylation sites is 1. The highest BCUT2D eigenvalue weighted by molar-refractivity contribution is 6.06. The standard InChI is InChI=1S/C28H22N2O4/c31-27(32)20-12-10-18(11-13-20)14-21-16-30(15-19-6-2-1-3-7-19)17-23-25(28(33)34)22-8-4-5-9-24(22)29-26(21)23/h1-14H,15-17H2,(H,31,32)(H,33,34). The van der Waals surface area contributed by atoms with Crippen LogP contribution >= 0.6 is 0 Å². The molecule has 3 aromatic carbocycles. The Morgan fingerprint density at radius 1 is 0.853 bits per heavy atom. The van der Waals surface area contributed by atoms with Crippen LogP contribution in [0.15, 0.2) is 78.9 Å². The Morgan fingerprint density at radius 2 is 1.56 bits per heavy atom. The number of fused-ring (bicyclic) bond motifs is 2. The first kappa shape index (κ1) is 21.6. The van der Waals surface area contributed by atoms with Crippen LogP contribution in [0.5, 0.6) is 0 Å². The first-order valence-corrected chi connectivity index (χ1v) is 10.9. The van der Waals surface area contributed by atoms with Crippen LogP contribution in [0.2, 0.25) is 0 Å². The molecule has 0 saturated heterocycles. The summed E-state index contributed by atoms with van der Waals surface area (Å²) in [6.45, 7) is 1.73. The van der Waals surface area contributed by atoms with Crippen LogP contribution in [-0.2, 0) is 13.1 Å². The number of hydrogen-bond acceptors (Lipinski definition) is 4. The van der Waals surface area contributed by atoms with Gasteiger partial charge in [-0.2, -0.15) is 0 Å². The van der Waals surface area contributed by atoms with E-state index in [1.807, 2.05) is 42.5 Å². The van der Waals surface area contributed by atoms with E-state index >= 15 is 0 Å². The maximum atomic E-state index is 12.4. The lowest BCUT2D eigenvalue weighted by Crippen LogP contribution is -2.31. The molecule has 0 radical (unpaired) electrons. The van der Waals surface area contributed by atoms with Crippen molar-refractivity contribution in [1.82, 2.24) is 9.88 Å². The van der Waals surface area contributed by atoms with E-state index < -0.39 is 11.9 Å². The fourth-order valence-electron chi connectivity index (χ4n) is 4.50. The van der Waals surface area contributed by atoms with Gasteiger partial charge in [0.15, 0.2) is 0 Å². The van der Waals surface area contributed by atoms with Gasteiger partial charge in [-0.3, -0.25) is 4.90 Å². The molecule has 0 saturated carbocycles. The number of benzene rings is 3. The van der Waals surface area contributed by atoms with Crippen molar-refractivity contribution in [2.24, 2.45) is 0 Å². The average molecular weight is 450 g/mol. The maximum Gasteiger partial charge on any atom is 0.336 e. The van der Waals surface area contributed by atoms with E-state index in [2.05, 4.69) is 17.0 Å². The topological polar surface area (TPSA) is 90.7 Å². The molecule has 5 rings (SSSR count). The average Bonchev–Trinajstić information content (AvgIpc) is 2.83. The molecule has 4 aromatic rings. The molecule has 0 aliphatic carbocycles. The summed E-state index contributed by atoms with van der Waals surface area (Å²) < 4.78 is 0. The number of carbonyl (C=O) groups is 2. The SMILES string of the molecule is O=C(O)c1ccc(C=C2CN(Cc3ccccc3)Cc3c2nc2ccccc2c3C(=O)O)cc1. The summed E-state index contributed by atoms with van der Waals surface area (Å²) in [5.41, 5.74) is 5.39. The van der Waals surface area contributed by atoms with Gasteiger partial charge in [0.05, 0.1) is 22.3 Å². The first-order valence-electron chi connectivity index (χ1n) is 10.9. The predicted octanol–water partition coefficient (Wildman–Crippen LogP) is 5.19. The van der Waals surface area contributed by atoms with Gasteiger partial charge in [-0.1, -0.05) is 60.7 Å². The second kappa shape index (κ2) is 8.92. The zero-order valence-electron chi connectivity index (χ0n) is 18.3. The molecular formula is C28H22N2O4. The van der Waals surface area contributed by atoms with Crippen LogP contribution in [0.25, 0.3) is 22.6 Å². The minimum absolute atomic E-state index is 0.217. The normalized spacial score (nSPS) is 14.8. The summed E-state index contributed by atoms with van der Waals surface area (Å²) in [6.07, 6.45) is 1.97. The highest BCUT2D eigenvalue weighted by Crippen LogP contribution is 2.34. The lowest BCUT2D eigenvalue weighted by atomic mass is 9.91. The third-order valence-corrected chi connectivity index (χ3v) is 6.03. The van der Waals surface area contributed by atoms with Crippen molar-refractivity contribution in [3.63, 3.8) is 0 Å². The number of carboxylic acids is 2. The fraction of sp³-hybridized carbons (Fsp3) is 0.107. The molecule has 0 fully saturated rings. The summed E-state index contributed by atoms with van der Waals surface area (Å²) in [5, 5.41) is 20.0. The van der Waals surface area contributed by atoms with Gasteiger partial charge in [-0.15, -0.1) is 0 Å². The molecule has 0 atom stereocenters. The molecule has 6 nitrogen and oxygen atoms in total. The van der Waals surface area contributed by atoms with E-state index in [9.17, 15) is 19.8 Å². The summed E-state index contributed by atoms with van der Waals surface area (Å²) in [6, 6.07) is 24.0. The number of nitrogens with zero attached hydrogens (tertiary/aromatic N) is 2. The van der Waals surface area contributed by atoms with Crippen molar-refractivity contribution in [3.05, 3.63) is 112 Å². The molecule has 0 amide bonds. The van der Waals surface area contributed by atoms with Gasteiger partial charge in [0.2, 0.25) is 0 Å². The van der Waals surface area contributed by atoms with Crippen molar-refractivity contribution < 1.29 is 19.8 Å². The summed E-state index contributed by atoms with van der Waals surface area (Å²) >= 11 is 0. The van der Waals surface area contributed by atoms with Crippen molar-refractivity contribution in [2.75, 3.05) is 6.54 Å². The van der Waals surface area contributed by atoms with E-state index in [-0.39, 0.29) is 11.1 Å². The van der Waals surface area contributed by atoms with Crippen molar-refractivity contribution in [2.45, 2.75) is 13.1 Å². The molecule has 1 aromatic heterocycles. The van der Waals surface area contributed by atoms with Gasteiger partial charge in [-0.25, -0.2) is 14.6 Å². The second-order valence-electron chi connectivity index (χ2n) is 8.36. The lowest BCUT2D eigenvalue weighted by Gasteiger charge is -2.31. The number of pyridine rings is 1. The minimum Gasteiger partial charge on any atom is -0.478 e. The number of hydrogen-bond donors (Lipinski definition) is 2. The van der Waals surface area contributed by atoms with Crippen LogP contribution in [0.4, 0.5) is 0 Å². The molecular weight excluding hydrogens is 428 g/mol. The van der Waals surface area contributed by atoms with Gasteiger partial charge < -0.3 is 10.2 Å². The number of carboxylic acid groups (broad SMARTS) is 2. The zero-order valence-corrected chi connectivity index (χ0v) is 18.3. The molecule has 0 bridgehead atoms. The van der Waals surface area contributed by atoms with Crippen LogP contribution in [0, 0.1) is 0 Å². The van der Waals surface area contributed by atoms with Crippen molar-refractivity contribution in [3.8, 4) is 0 Å². The Labute approximate surface area is 196 Å². The zero-order chi connectivity index (χ0) is 23.7. The molecule has 2 heterocycles. The third-order valence-electron chi connectivity index (χ3n) is 6.03. The molecule has 168 valence electrons. The summed E-state index contributed by atoms with van der Waals surface area (Å²) in [4.78, 5) is 30.7. The van der Waals surface area contributed by atoms with Gasteiger partial charge in [0.25, 0.3) is 0 Å². The predicted molar refractivity (Wildman–Crippen MR) is 131 cm³/mol. The molecule has 0 unspecified atom stereocenters. The lowest BCUT2D eigenvalue weighted by molar-refractivity contribution is 0.0685. The summed E-state index contributed by atoms with van der Waals surface area (Å²) in [7, 11) is 0. The summed E-state index contributed by atoms with van der Waals surface area (Å²) in [5.74, 6) is -1.95. The molecule has 6 heteroatoms. The van der Waals surface area contributed by atoms with E-state index in [1.54, 1.807) is 30.3 Å². The Hall–Kier alpha value is -4.29. The largest absolute Gasteiger partial charge is 0.478 e. The van der Waals surface area contributed by atoms with Crippen LogP contribution in [0.1, 0.15) is 43.1 Å². The maximum absolute atomic E-state index is 12.4. The monoisotopic (exact) mass is 450 g/mol. The number of aromatic nitrogens is 1.